The third-order valence-corrected chi connectivity index (χ3v) is 3.65. The lowest BCUT2D eigenvalue weighted by Crippen LogP contribution is -2.28. The van der Waals surface area contributed by atoms with Gasteiger partial charge in [0.2, 0.25) is 0 Å². The maximum Gasteiger partial charge on any atom is 0.254 e. The van der Waals surface area contributed by atoms with Crippen LogP contribution in [0, 0.1) is 0 Å². The van der Waals surface area contributed by atoms with Crippen LogP contribution < -0.4 is 14.8 Å². The Labute approximate surface area is 140 Å². The molecule has 2 aromatic rings. The molecule has 0 bridgehead atoms. The van der Waals surface area contributed by atoms with E-state index in [9.17, 15) is 0 Å². The van der Waals surface area contributed by atoms with E-state index in [1.807, 2.05) is 18.2 Å². The Kier molecular flexibility index (Phi) is 6.36. The highest BCUT2D eigenvalue weighted by Gasteiger charge is 2.15. The maximum atomic E-state index is 6.02. The van der Waals surface area contributed by atoms with E-state index >= 15 is 0 Å². The first kappa shape index (κ1) is 16.9. The van der Waals surface area contributed by atoms with Crippen molar-refractivity contribution in [3.63, 3.8) is 0 Å². The molecule has 3 rings (SSSR count). The van der Waals surface area contributed by atoms with Crippen LogP contribution in [-0.4, -0.2) is 24.4 Å². The van der Waals surface area contributed by atoms with E-state index in [2.05, 4.69) is 10.5 Å². The van der Waals surface area contributed by atoms with Gasteiger partial charge in [0.1, 0.15) is 19.0 Å². The van der Waals surface area contributed by atoms with Gasteiger partial charge in [-0.1, -0.05) is 23.7 Å². The number of benzene rings is 1. The fraction of sp³-hybridized carbons (Fsp3) is 0.400. The molecule has 1 N–H and O–H groups in total. The molecule has 1 aromatic heterocycles. The summed E-state index contributed by atoms with van der Waals surface area (Å²) in [6.45, 7) is 1.93. The van der Waals surface area contributed by atoms with Crippen LogP contribution in [0.3, 0.4) is 0 Å². The van der Waals surface area contributed by atoms with Crippen molar-refractivity contribution in [3.8, 4) is 11.6 Å². The molecule has 1 fully saturated rings. The van der Waals surface area contributed by atoms with Crippen molar-refractivity contribution in [3.05, 3.63) is 41.1 Å². The van der Waals surface area contributed by atoms with Crippen molar-refractivity contribution in [1.82, 2.24) is 10.5 Å². The van der Waals surface area contributed by atoms with Crippen molar-refractivity contribution in [2.24, 2.45) is 0 Å². The highest BCUT2D eigenvalue weighted by Crippen LogP contribution is 2.24. The average molecular weight is 345 g/mol. The number of halogens is 2. The van der Waals surface area contributed by atoms with Crippen molar-refractivity contribution in [1.29, 1.82) is 0 Å². The standard InChI is InChI=1S/C15H17ClN2O3.ClH/c16-13-5-1-2-6-14(13)19-10-12-8-15(18-21-12)20-9-11-4-3-7-17-11;/h1-2,5-6,8,11,17H,3-4,7,9-10H2;1H/t11-;/m0./s1. The van der Waals surface area contributed by atoms with E-state index in [0.717, 1.165) is 13.0 Å². The molecule has 1 aromatic carbocycles. The molecule has 1 saturated heterocycles. The summed E-state index contributed by atoms with van der Waals surface area (Å²) in [5.41, 5.74) is 0. The van der Waals surface area contributed by atoms with Crippen LogP contribution in [0.25, 0.3) is 0 Å². The van der Waals surface area contributed by atoms with E-state index < -0.39 is 0 Å². The molecule has 1 aliphatic rings. The minimum absolute atomic E-state index is 0. The van der Waals surface area contributed by atoms with Crippen molar-refractivity contribution in [2.45, 2.75) is 25.5 Å². The van der Waals surface area contributed by atoms with Crippen LogP contribution in [0.5, 0.6) is 11.6 Å². The molecule has 22 heavy (non-hydrogen) atoms. The van der Waals surface area contributed by atoms with Gasteiger partial charge in [0.25, 0.3) is 5.88 Å². The van der Waals surface area contributed by atoms with E-state index in [0.29, 0.717) is 35.1 Å². The first-order valence-corrected chi connectivity index (χ1v) is 7.38. The summed E-state index contributed by atoms with van der Waals surface area (Å²) in [5.74, 6) is 1.71. The van der Waals surface area contributed by atoms with Crippen LogP contribution in [-0.2, 0) is 6.61 Å². The van der Waals surface area contributed by atoms with Crippen LogP contribution in [0.4, 0.5) is 0 Å². The highest BCUT2D eigenvalue weighted by atomic mass is 35.5. The normalized spacial score (nSPS) is 17.0. The Balaban J connectivity index is 0.00000176. The monoisotopic (exact) mass is 344 g/mol. The molecule has 120 valence electrons. The largest absolute Gasteiger partial charge is 0.484 e. The Morgan fingerprint density at radius 1 is 1.32 bits per heavy atom. The van der Waals surface area contributed by atoms with Crippen molar-refractivity contribution in [2.75, 3.05) is 13.2 Å². The SMILES string of the molecule is Cl.Clc1ccccc1OCc1cc(OC[C@@H]2CCCN2)no1. The predicted molar refractivity (Wildman–Crippen MR) is 86.1 cm³/mol. The number of rotatable bonds is 6. The van der Waals surface area contributed by atoms with Gasteiger partial charge in [-0.3, -0.25) is 0 Å². The molecule has 1 aliphatic heterocycles. The Morgan fingerprint density at radius 2 is 2.18 bits per heavy atom. The van der Waals surface area contributed by atoms with E-state index in [1.54, 1.807) is 12.1 Å². The number of hydrogen-bond acceptors (Lipinski definition) is 5. The zero-order valence-corrected chi connectivity index (χ0v) is 13.5. The second-order valence-corrected chi connectivity index (χ2v) is 5.36. The summed E-state index contributed by atoms with van der Waals surface area (Å²) in [7, 11) is 0. The van der Waals surface area contributed by atoms with E-state index in [4.69, 9.17) is 25.6 Å². The van der Waals surface area contributed by atoms with Gasteiger partial charge >= 0.3 is 0 Å². The summed E-state index contributed by atoms with van der Waals surface area (Å²) >= 11 is 6.02. The van der Waals surface area contributed by atoms with Gasteiger partial charge in [-0.05, 0) is 36.7 Å². The maximum absolute atomic E-state index is 6.02. The first-order valence-electron chi connectivity index (χ1n) is 7.00. The fourth-order valence-electron chi connectivity index (χ4n) is 2.23. The molecule has 7 heteroatoms. The Morgan fingerprint density at radius 3 is 2.95 bits per heavy atom. The van der Waals surface area contributed by atoms with Gasteiger partial charge in [-0.25, -0.2) is 0 Å². The third-order valence-electron chi connectivity index (χ3n) is 3.34. The summed E-state index contributed by atoms with van der Waals surface area (Å²) < 4.78 is 16.4. The zero-order valence-electron chi connectivity index (χ0n) is 12.0. The second kappa shape index (κ2) is 8.27. The molecule has 2 heterocycles. The van der Waals surface area contributed by atoms with Crippen molar-refractivity contribution < 1.29 is 14.0 Å². The number of para-hydroxylation sites is 1. The van der Waals surface area contributed by atoms with Gasteiger partial charge in [0, 0.05) is 12.1 Å². The Hall–Kier alpha value is -1.43. The molecule has 0 amide bonds. The lowest BCUT2D eigenvalue weighted by molar-refractivity contribution is 0.230. The molecule has 0 aliphatic carbocycles. The molecule has 0 unspecified atom stereocenters. The average Bonchev–Trinajstić information content (AvgIpc) is 3.16. The third kappa shape index (κ3) is 4.53. The lowest BCUT2D eigenvalue weighted by Gasteiger charge is -2.08. The zero-order chi connectivity index (χ0) is 14.5. The fourth-order valence-corrected chi connectivity index (χ4v) is 2.42. The van der Waals surface area contributed by atoms with Gasteiger partial charge in [-0.15, -0.1) is 12.4 Å². The van der Waals surface area contributed by atoms with Gasteiger partial charge in [0.15, 0.2) is 5.76 Å². The van der Waals surface area contributed by atoms with Gasteiger partial charge in [-0.2, -0.15) is 0 Å². The minimum Gasteiger partial charge on any atom is -0.484 e. The molecule has 0 spiro atoms. The number of nitrogens with one attached hydrogen (secondary N) is 1. The van der Waals surface area contributed by atoms with Crippen LogP contribution >= 0.6 is 24.0 Å². The number of ether oxygens (including phenoxy) is 2. The summed E-state index contributed by atoms with van der Waals surface area (Å²) in [6, 6.07) is 9.45. The molecular formula is C15H18Cl2N2O3. The molecule has 1 atom stereocenters. The lowest BCUT2D eigenvalue weighted by atomic mass is 10.2. The second-order valence-electron chi connectivity index (χ2n) is 4.95. The summed E-state index contributed by atoms with van der Waals surface area (Å²) in [4.78, 5) is 0. The number of nitrogens with zero attached hydrogens (tertiary/aromatic N) is 1. The summed E-state index contributed by atoms with van der Waals surface area (Å²) in [6.07, 6.45) is 2.34. The van der Waals surface area contributed by atoms with Gasteiger partial charge < -0.3 is 19.3 Å². The first-order chi connectivity index (χ1) is 10.3. The number of hydrogen-bond donors (Lipinski definition) is 1. The topological polar surface area (TPSA) is 56.5 Å². The Bertz CT molecular complexity index is 586. The molecule has 0 saturated carbocycles. The summed E-state index contributed by atoms with van der Waals surface area (Å²) in [5, 5.41) is 7.81. The quantitative estimate of drug-likeness (QED) is 0.869. The smallest absolute Gasteiger partial charge is 0.254 e. The number of aromatic nitrogens is 1. The van der Waals surface area contributed by atoms with Gasteiger partial charge in [0.05, 0.1) is 5.02 Å². The molecule has 5 nitrogen and oxygen atoms in total. The van der Waals surface area contributed by atoms with Crippen molar-refractivity contribution >= 4 is 24.0 Å². The van der Waals surface area contributed by atoms with Crippen LogP contribution in [0.2, 0.25) is 5.02 Å². The molecule has 0 radical (unpaired) electrons. The predicted octanol–water partition coefficient (Wildman–Crippen LogP) is 3.46. The highest BCUT2D eigenvalue weighted by molar-refractivity contribution is 6.32. The van der Waals surface area contributed by atoms with Crippen LogP contribution in [0.15, 0.2) is 34.9 Å². The minimum atomic E-state index is 0. The molecular weight excluding hydrogens is 327 g/mol. The van der Waals surface area contributed by atoms with E-state index in [-0.39, 0.29) is 19.0 Å². The van der Waals surface area contributed by atoms with Crippen LogP contribution in [0.1, 0.15) is 18.6 Å². The van der Waals surface area contributed by atoms with E-state index in [1.165, 1.54) is 6.42 Å².